The van der Waals surface area contributed by atoms with Gasteiger partial charge in [0.2, 0.25) is 0 Å². The number of pyridine rings is 1. The number of carbonyl (C=O) groups is 2. The summed E-state index contributed by atoms with van der Waals surface area (Å²) in [7, 11) is 0. The van der Waals surface area contributed by atoms with Gasteiger partial charge in [0.25, 0.3) is 0 Å². The molecule has 2 amide bonds. The van der Waals surface area contributed by atoms with Crippen LogP contribution in [0.2, 0.25) is 0 Å². The van der Waals surface area contributed by atoms with Crippen LogP contribution in [-0.2, 0) is 0 Å². The van der Waals surface area contributed by atoms with Crippen molar-refractivity contribution in [1.82, 2.24) is 4.98 Å². The lowest BCUT2D eigenvalue weighted by Gasteiger charge is -2.10. The van der Waals surface area contributed by atoms with E-state index in [1.807, 2.05) is 0 Å². The molecule has 2 aromatic rings. The second-order valence-electron chi connectivity index (χ2n) is 3.74. The van der Waals surface area contributed by atoms with Crippen molar-refractivity contribution in [2.24, 2.45) is 11.5 Å². The van der Waals surface area contributed by atoms with E-state index in [0.717, 1.165) is 11.1 Å². The molecule has 0 bridgehead atoms. The maximum atomic E-state index is 10.9. The van der Waals surface area contributed by atoms with E-state index in [4.69, 9.17) is 20.9 Å². The number of aromatic nitrogens is 1. The summed E-state index contributed by atoms with van der Waals surface area (Å²) < 4.78 is 9.53. The van der Waals surface area contributed by atoms with Crippen LogP contribution in [0.1, 0.15) is 0 Å². The van der Waals surface area contributed by atoms with E-state index in [2.05, 4.69) is 4.98 Å². The number of benzene rings is 1. The molecular weight excluding hydrogens is 262 g/mol. The van der Waals surface area contributed by atoms with Crippen LogP contribution in [0.5, 0.6) is 11.5 Å². The summed E-state index contributed by atoms with van der Waals surface area (Å²) in [5.41, 5.74) is 11.5. The number of ether oxygens (including phenoxy) is 2. The van der Waals surface area contributed by atoms with Gasteiger partial charge in [-0.05, 0) is 35.4 Å². The molecule has 1 aromatic heterocycles. The largest absolute Gasteiger partial charge is 0.410 e. The van der Waals surface area contributed by atoms with Gasteiger partial charge in [0.15, 0.2) is 11.5 Å². The lowest BCUT2D eigenvalue weighted by molar-refractivity contribution is 0.200. The summed E-state index contributed by atoms with van der Waals surface area (Å²) in [5, 5.41) is 0. The molecule has 0 saturated carbocycles. The summed E-state index contributed by atoms with van der Waals surface area (Å²) >= 11 is 0. The topological polar surface area (TPSA) is 118 Å². The highest BCUT2D eigenvalue weighted by Gasteiger charge is 2.12. The number of rotatable bonds is 3. The Labute approximate surface area is 114 Å². The average molecular weight is 273 g/mol. The van der Waals surface area contributed by atoms with Crippen LogP contribution in [0.25, 0.3) is 11.1 Å². The highest BCUT2D eigenvalue weighted by molar-refractivity contribution is 5.75. The Hall–Kier alpha value is -3.09. The molecule has 7 nitrogen and oxygen atoms in total. The first kappa shape index (κ1) is 13.3. The third kappa shape index (κ3) is 3.22. The van der Waals surface area contributed by atoms with Crippen LogP contribution >= 0.6 is 0 Å². The second kappa shape index (κ2) is 5.70. The van der Waals surface area contributed by atoms with E-state index in [1.54, 1.807) is 30.6 Å². The molecule has 0 fully saturated rings. The highest BCUT2D eigenvalue weighted by Crippen LogP contribution is 2.32. The van der Waals surface area contributed by atoms with Gasteiger partial charge in [0, 0.05) is 12.4 Å². The van der Waals surface area contributed by atoms with Crippen molar-refractivity contribution in [2.75, 3.05) is 0 Å². The maximum absolute atomic E-state index is 10.9. The predicted molar refractivity (Wildman–Crippen MR) is 70.1 cm³/mol. The molecule has 20 heavy (non-hydrogen) atoms. The van der Waals surface area contributed by atoms with Crippen molar-refractivity contribution < 1.29 is 19.1 Å². The van der Waals surface area contributed by atoms with Crippen molar-refractivity contribution >= 4 is 12.2 Å². The van der Waals surface area contributed by atoms with Crippen LogP contribution in [0.4, 0.5) is 9.59 Å². The van der Waals surface area contributed by atoms with Gasteiger partial charge < -0.3 is 20.9 Å². The number of carbonyl (C=O) groups excluding carboxylic acids is 2. The Kier molecular flexibility index (Phi) is 3.80. The van der Waals surface area contributed by atoms with Gasteiger partial charge in [-0.15, -0.1) is 0 Å². The maximum Gasteiger partial charge on any atom is 0.410 e. The molecule has 0 atom stereocenters. The van der Waals surface area contributed by atoms with Crippen LogP contribution in [-0.4, -0.2) is 17.2 Å². The minimum absolute atomic E-state index is 0.00520. The number of amides is 2. The number of hydrogen-bond acceptors (Lipinski definition) is 5. The molecule has 1 aromatic carbocycles. The molecule has 4 N–H and O–H groups in total. The number of primary amides is 2. The fourth-order valence-corrected chi connectivity index (χ4v) is 1.61. The fourth-order valence-electron chi connectivity index (χ4n) is 1.61. The van der Waals surface area contributed by atoms with Crippen LogP contribution in [0.3, 0.4) is 0 Å². The van der Waals surface area contributed by atoms with Crippen LogP contribution in [0, 0.1) is 0 Å². The third-order valence-corrected chi connectivity index (χ3v) is 2.38. The summed E-state index contributed by atoms with van der Waals surface area (Å²) in [6.45, 7) is 0. The van der Waals surface area contributed by atoms with Crippen molar-refractivity contribution in [3.63, 3.8) is 0 Å². The van der Waals surface area contributed by atoms with Crippen molar-refractivity contribution in [1.29, 1.82) is 0 Å². The smallest absolute Gasteiger partial charge is 0.406 e. The zero-order valence-corrected chi connectivity index (χ0v) is 10.3. The zero-order chi connectivity index (χ0) is 14.5. The Morgan fingerprint density at radius 3 is 2.05 bits per heavy atom. The first-order valence-electron chi connectivity index (χ1n) is 5.55. The monoisotopic (exact) mass is 273 g/mol. The summed E-state index contributed by atoms with van der Waals surface area (Å²) in [6.07, 6.45) is 1.21. The van der Waals surface area contributed by atoms with Gasteiger partial charge in [-0.1, -0.05) is 6.07 Å². The third-order valence-electron chi connectivity index (χ3n) is 2.38. The lowest BCUT2D eigenvalue weighted by Crippen LogP contribution is -2.19. The van der Waals surface area contributed by atoms with E-state index < -0.39 is 12.2 Å². The van der Waals surface area contributed by atoms with Gasteiger partial charge in [-0.2, -0.15) is 0 Å². The van der Waals surface area contributed by atoms with E-state index >= 15 is 0 Å². The van der Waals surface area contributed by atoms with E-state index in [9.17, 15) is 9.59 Å². The number of hydrogen-bond donors (Lipinski definition) is 2. The molecular formula is C13H11N3O4. The quantitative estimate of drug-likeness (QED) is 0.881. The second-order valence-corrected chi connectivity index (χ2v) is 3.74. The predicted octanol–water partition coefficient (Wildman–Crippen LogP) is 1.66. The molecule has 0 aliphatic carbocycles. The lowest BCUT2D eigenvalue weighted by atomic mass is 10.1. The molecule has 0 aliphatic rings. The summed E-state index contributed by atoms with van der Waals surface area (Å²) in [6, 6.07) is 8.20. The first-order chi connectivity index (χ1) is 9.56. The van der Waals surface area contributed by atoms with Crippen molar-refractivity contribution in [3.05, 3.63) is 42.7 Å². The standard InChI is InChI=1S/C13H11N3O4/c14-12(17)19-10-2-1-9(7-11(10)20-13(15)18)8-3-5-16-6-4-8/h1-7H,(H2,14,17)(H2,15,18). The van der Waals surface area contributed by atoms with Crippen LogP contribution < -0.4 is 20.9 Å². The van der Waals surface area contributed by atoms with E-state index in [1.165, 1.54) is 12.1 Å². The average Bonchev–Trinajstić information content (AvgIpc) is 2.40. The van der Waals surface area contributed by atoms with Gasteiger partial charge >= 0.3 is 12.2 Å². The molecule has 0 radical (unpaired) electrons. The molecule has 1 heterocycles. The molecule has 0 spiro atoms. The summed E-state index contributed by atoms with van der Waals surface area (Å²) in [4.78, 5) is 25.6. The van der Waals surface area contributed by atoms with Gasteiger partial charge in [-0.3, -0.25) is 4.98 Å². The minimum Gasteiger partial charge on any atom is -0.406 e. The Bertz CT molecular complexity index is 643. The molecule has 0 aliphatic heterocycles. The van der Waals surface area contributed by atoms with Gasteiger partial charge in [-0.25, -0.2) is 9.59 Å². The molecule has 7 heteroatoms. The SMILES string of the molecule is NC(=O)Oc1ccc(-c2ccncc2)cc1OC(N)=O. The number of nitrogens with two attached hydrogens (primary N) is 2. The van der Waals surface area contributed by atoms with E-state index in [0.29, 0.717) is 0 Å². The zero-order valence-electron chi connectivity index (χ0n) is 10.3. The van der Waals surface area contributed by atoms with Crippen LogP contribution in [0.15, 0.2) is 42.7 Å². The van der Waals surface area contributed by atoms with Crippen molar-refractivity contribution in [3.8, 4) is 22.6 Å². The Morgan fingerprint density at radius 1 is 0.850 bits per heavy atom. The highest BCUT2D eigenvalue weighted by atomic mass is 16.6. The Balaban J connectivity index is 2.42. The first-order valence-corrected chi connectivity index (χ1v) is 5.55. The fraction of sp³-hybridized carbons (Fsp3) is 0. The molecule has 102 valence electrons. The van der Waals surface area contributed by atoms with Gasteiger partial charge in [0.1, 0.15) is 0 Å². The molecule has 0 unspecified atom stereocenters. The summed E-state index contributed by atoms with van der Waals surface area (Å²) in [5.74, 6) is 0.0136. The Morgan fingerprint density at radius 2 is 1.45 bits per heavy atom. The molecule has 2 rings (SSSR count). The van der Waals surface area contributed by atoms with Crippen molar-refractivity contribution in [2.45, 2.75) is 0 Å². The van der Waals surface area contributed by atoms with E-state index in [-0.39, 0.29) is 11.5 Å². The molecule has 0 saturated heterocycles. The van der Waals surface area contributed by atoms with Gasteiger partial charge in [0.05, 0.1) is 0 Å². The normalized spacial score (nSPS) is 9.80. The minimum atomic E-state index is -1.02. The number of nitrogens with zero attached hydrogens (tertiary/aromatic N) is 1.